The molecule has 0 atom stereocenters. The van der Waals surface area contributed by atoms with Crippen LogP contribution in [0.2, 0.25) is 0 Å². The molecule has 0 aromatic heterocycles. The minimum absolute atomic E-state index is 0.0659. The molecule has 340 valence electrons. The van der Waals surface area contributed by atoms with E-state index in [1.165, 1.54) is 30.3 Å². The maximum atomic E-state index is 12.7. The zero-order valence-corrected chi connectivity index (χ0v) is 36.3. The first kappa shape index (κ1) is 48.6. The van der Waals surface area contributed by atoms with E-state index in [4.69, 9.17) is 33.2 Å². The Morgan fingerprint density at radius 1 is 0.462 bits per heavy atom. The number of unbranched alkanes of at least 4 members (excludes halogenated alkanes) is 7. The van der Waals surface area contributed by atoms with Crippen LogP contribution in [0.25, 0.3) is 0 Å². The monoisotopic (exact) mass is 886 g/mol. The summed E-state index contributed by atoms with van der Waals surface area (Å²) in [5, 5.41) is 10.3. The van der Waals surface area contributed by atoms with Gasteiger partial charge in [0, 0.05) is 24.1 Å². The molecule has 13 heteroatoms. The standard InChI is InChI=1S/C52H54O13/c1-2-48(54)63-36-35-61-42-24-20-40(21-25-42)52(58)65-44-28-26-43(27-29-44)64-51(57)39-18-22-41(23-19-39)59-32-12-5-3-4-6-13-34-62-49(55)17-11-8-14-33-60-45-30-31-46(47(53)37-45)50(56)38-15-9-7-10-16-38/h2,7,9-10,15-16,18-31,37,53H,1,3-6,8,11-14,17,32-36H2. The Morgan fingerprint density at radius 2 is 0.938 bits per heavy atom. The minimum atomic E-state index is -0.579. The van der Waals surface area contributed by atoms with Gasteiger partial charge in [0.25, 0.3) is 0 Å². The molecule has 5 aromatic carbocycles. The molecule has 0 bridgehead atoms. The molecule has 0 saturated carbocycles. The van der Waals surface area contributed by atoms with Crippen molar-refractivity contribution in [2.75, 3.05) is 33.0 Å². The molecule has 65 heavy (non-hydrogen) atoms. The summed E-state index contributed by atoms with van der Waals surface area (Å²) < 4.78 is 38.2. The zero-order valence-electron chi connectivity index (χ0n) is 36.3. The predicted molar refractivity (Wildman–Crippen MR) is 242 cm³/mol. The molecular weight excluding hydrogens is 833 g/mol. The number of phenols is 1. The highest BCUT2D eigenvalue weighted by Gasteiger charge is 2.15. The molecule has 0 spiro atoms. The van der Waals surface area contributed by atoms with Crippen LogP contribution in [0, 0.1) is 0 Å². The third kappa shape index (κ3) is 17.4. The first-order valence-electron chi connectivity index (χ1n) is 21.7. The number of rotatable bonds is 28. The van der Waals surface area contributed by atoms with Crippen molar-refractivity contribution >= 4 is 29.7 Å². The molecule has 1 N–H and O–H groups in total. The number of hydrogen-bond acceptors (Lipinski definition) is 13. The van der Waals surface area contributed by atoms with E-state index in [0.29, 0.717) is 66.6 Å². The van der Waals surface area contributed by atoms with Crippen LogP contribution < -0.4 is 23.7 Å². The summed E-state index contributed by atoms with van der Waals surface area (Å²) in [6.45, 7) is 4.94. The maximum absolute atomic E-state index is 12.7. The summed E-state index contributed by atoms with van der Waals surface area (Å²) in [7, 11) is 0. The van der Waals surface area contributed by atoms with Gasteiger partial charge < -0.3 is 38.3 Å². The molecule has 0 unspecified atom stereocenters. The Hall–Kier alpha value is -7.41. The van der Waals surface area contributed by atoms with Gasteiger partial charge >= 0.3 is 23.9 Å². The van der Waals surface area contributed by atoms with E-state index >= 15 is 0 Å². The van der Waals surface area contributed by atoms with Crippen molar-refractivity contribution in [1.29, 1.82) is 0 Å². The van der Waals surface area contributed by atoms with E-state index in [0.717, 1.165) is 57.4 Å². The lowest BCUT2D eigenvalue weighted by Crippen LogP contribution is -2.11. The largest absolute Gasteiger partial charge is 0.507 e. The van der Waals surface area contributed by atoms with Gasteiger partial charge in [-0.15, -0.1) is 0 Å². The van der Waals surface area contributed by atoms with E-state index in [-0.39, 0.29) is 47.8 Å². The fraction of sp³-hybridized carbons (Fsp3) is 0.288. The van der Waals surface area contributed by atoms with Gasteiger partial charge in [0.15, 0.2) is 5.78 Å². The van der Waals surface area contributed by atoms with Crippen molar-refractivity contribution < 1.29 is 62.2 Å². The number of ether oxygens (including phenoxy) is 7. The number of hydrogen-bond donors (Lipinski definition) is 1. The Labute approximate surface area is 378 Å². The van der Waals surface area contributed by atoms with Crippen molar-refractivity contribution in [3.63, 3.8) is 0 Å². The highest BCUT2D eigenvalue weighted by atomic mass is 16.6. The third-order valence-corrected chi connectivity index (χ3v) is 9.80. The van der Waals surface area contributed by atoms with Gasteiger partial charge in [-0.3, -0.25) is 9.59 Å². The van der Waals surface area contributed by atoms with Crippen LogP contribution in [-0.4, -0.2) is 67.8 Å². The minimum Gasteiger partial charge on any atom is -0.507 e. The number of esters is 4. The lowest BCUT2D eigenvalue weighted by atomic mass is 10.0. The van der Waals surface area contributed by atoms with Gasteiger partial charge in [-0.1, -0.05) is 62.6 Å². The van der Waals surface area contributed by atoms with Crippen LogP contribution >= 0.6 is 0 Å². The smallest absolute Gasteiger partial charge is 0.343 e. The van der Waals surface area contributed by atoms with Crippen molar-refractivity contribution in [2.24, 2.45) is 0 Å². The third-order valence-electron chi connectivity index (χ3n) is 9.80. The van der Waals surface area contributed by atoms with Crippen molar-refractivity contribution in [1.82, 2.24) is 0 Å². The summed E-state index contributed by atoms with van der Waals surface area (Å²) in [6.07, 6.45) is 9.46. The second kappa shape index (κ2) is 26.9. The van der Waals surface area contributed by atoms with Gasteiger partial charge in [0.1, 0.15) is 47.7 Å². The van der Waals surface area contributed by atoms with Crippen LogP contribution in [0.5, 0.6) is 34.5 Å². The average molecular weight is 887 g/mol. The summed E-state index contributed by atoms with van der Waals surface area (Å²) in [4.78, 5) is 61.1. The number of carbonyl (C=O) groups is 5. The van der Waals surface area contributed by atoms with Gasteiger partial charge in [0.2, 0.25) is 0 Å². The summed E-state index contributed by atoms with van der Waals surface area (Å²) in [5.41, 5.74) is 1.38. The highest BCUT2D eigenvalue weighted by Crippen LogP contribution is 2.27. The number of phenolic OH excluding ortho intramolecular Hbond substituents is 1. The molecular formula is C52H54O13. The Kier molecular flexibility index (Phi) is 20.1. The molecule has 0 saturated heterocycles. The Morgan fingerprint density at radius 3 is 1.49 bits per heavy atom. The number of carbonyl (C=O) groups excluding carboxylic acids is 5. The molecule has 0 aliphatic heterocycles. The summed E-state index contributed by atoms with van der Waals surface area (Å²) >= 11 is 0. The van der Waals surface area contributed by atoms with Gasteiger partial charge in [0.05, 0.1) is 36.5 Å². The normalized spacial score (nSPS) is 10.6. The van der Waals surface area contributed by atoms with Crippen LogP contribution in [0.4, 0.5) is 0 Å². The SMILES string of the molecule is C=CC(=O)OCCOc1ccc(C(=O)Oc2ccc(OC(=O)c3ccc(OCCCCCCCCOC(=O)CCCCCOc4ccc(C(=O)c5ccccc5)c(O)c4)cc3)cc2)cc1. The number of ketones is 1. The lowest BCUT2D eigenvalue weighted by Gasteiger charge is -2.09. The highest BCUT2D eigenvalue weighted by molar-refractivity contribution is 6.10. The maximum Gasteiger partial charge on any atom is 0.343 e. The Balaban J connectivity index is 0.839. The molecule has 0 aliphatic rings. The zero-order chi connectivity index (χ0) is 46.1. The van der Waals surface area contributed by atoms with Crippen molar-refractivity contribution in [3.05, 3.63) is 156 Å². The number of aromatic hydroxyl groups is 1. The fourth-order valence-electron chi connectivity index (χ4n) is 6.28. The molecule has 0 fully saturated rings. The van der Waals surface area contributed by atoms with Gasteiger partial charge in [-0.2, -0.15) is 0 Å². The second-order valence-corrected chi connectivity index (χ2v) is 14.7. The molecule has 5 rings (SSSR count). The van der Waals surface area contributed by atoms with E-state index in [2.05, 4.69) is 6.58 Å². The molecule has 0 radical (unpaired) electrons. The van der Waals surface area contributed by atoms with E-state index in [9.17, 15) is 29.1 Å². The van der Waals surface area contributed by atoms with Crippen LogP contribution in [0.3, 0.4) is 0 Å². The Bertz CT molecular complexity index is 2290. The first-order valence-corrected chi connectivity index (χ1v) is 21.7. The average Bonchev–Trinajstić information content (AvgIpc) is 3.33. The van der Waals surface area contributed by atoms with Crippen LogP contribution in [0.15, 0.2) is 134 Å². The second-order valence-electron chi connectivity index (χ2n) is 14.7. The molecule has 13 nitrogen and oxygen atoms in total. The quantitative estimate of drug-likeness (QED) is 0.0166. The van der Waals surface area contributed by atoms with E-state index in [1.54, 1.807) is 84.9 Å². The topological polar surface area (TPSA) is 170 Å². The van der Waals surface area contributed by atoms with Crippen molar-refractivity contribution in [2.45, 2.75) is 64.2 Å². The molecule has 0 heterocycles. The lowest BCUT2D eigenvalue weighted by molar-refractivity contribution is -0.144. The fourth-order valence-corrected chi connectivity index (χ4v) is 6.28. The van der Waals surface area contributed by atoms with Crippen LogP contribution in [0.1, 0.15) is 101 Å². The van der Waals surface area contributed by atoms with Gasteiger partial charge in [-0.25, -0.2) is 14.4 Å². The number of benzene rings is 5. The molecule has 5 aromatic rings. The molecule has 0 aliphatic carbocycles. The summed E-state index contributed by atoms with van der Waals surface area (Å²) in [6, 6.07) is 32.6. The van der Waals surface area contributed by atoms with Gasteiger partial charge in [-0.05, 0) is 117 Å². The summed E-state index contributed by atoms with van der Waals surface area (Å²) in [5.74, 6) is -0.0485. The molecule has 0 amide bonds. The van der Waals surface area contributed by atoms with E-state index < -0.39 is 17.9 Å². The van der Waals surface area contributed by atoms with Crippen molar-refractivity contribution in [3.8, 4) is 34.5 Å². The van der Waals surface area contributed by atoms with E-state index in [1.807, 2.05) is 6.07 Å². The predicted octanol–water partition coefficient (Wildman–Crippen LogP) is 10.1. The van der Waals surface area contributed by atoms with Crippen LogP contribution in [-0.2, 0) is 19.1 Å². The first-order chi connectivity index (χ1) is 31.7.